The van der Waals surface area contributed by atoms with Crippen LogP contribution in [0.2, 0.25) is 0 Å². The Morgan fingerprint density at radius 2 is 2.18 bits per heavy atom. The van der Waals surface area contributed by atoms with Gasteiger partial charge in [0, 0.05) is 12.6 Å². The number of nitrogens with zero attached hydrogens (tertiary/aromatic N) is 1. The van der Waals surface area contributed by atoms with Gasteiger partial charge in [0.2, 0.25) is 5.91 Å². The second kappa shape index (κ2) is 4.62. The second-order valence-corrected chi connectivity index (χ2v) is 5.05. The van der Waals surface area contributed by atoms with Crippen molar-refractivity contribution in [3.05, 3.63) is 0 Å². The van der Waals surface area contributed by atoms with Crippen LogP contribution >= 0.6 is 0 Å². The van der Waals surface area contributed by atoms with Gasteiger partial charge in [-0.2, -0.15) is 0 Å². The summed E-state index contributed by atoms with van der Waals surface area (Å²) in [7, 11) is 0. The van der Waals surface area contributed by atoms with Crippen molar-refractivity contribution >= 4 is 11.9 Å². The van der Waals surface area contributed by atoms with Crippen LogP contribution in [0.5, 0.6) is 0 Å². The smallest absolute Gasteiger partial charge is 0.318 e. The molecule has 6 heteroatoms. The summed E-state index contributed by atoms with van der Waals surface area (Å²) in [6.45, 7) is 6.92. The molecule has 2 aliphatic rings. The molecular formula is C11H20N4O2. The van der Waals surface area contributed by atoms with Crippen molar-refractivity contribution in [3.63, 3.8) is 0 Å². The zero-order valence-electron chi connectivity index (χ0n) is 10.3. The number of rotatable bonds is 2. The molecule has 3 amide bonds. The third-order valence-corrected chi connectivity index (χ3v) is 4.10. The highest BCUT2D eigenvalue weighted by Crippen LogP contribution is 2.33. The Kier molecular flexibility index (Phi) is 3.35. The van der Waals surface area contributed by atoms with Crippen molar-refractivity contribution < 1.29 is 9.59 Å². The highest BCUT2D eigenvalue weighted by Gasteiger charge is 2.44. The Bertz CT molecular complexity index is 333. The summed E-state index contributed by atoms with van der Waals surface area (Å²) in [4.78, 5) is 24.6. The molecule has 2 fully saturated rings. The van der Waals surface area contributed by atoms with Gasteiger partial charge in [-0.1, -0.05) is 0 Å². The summed E-state index contributed by atoms with van der Waals surface area (Å²) in [5.41, 5.74) is 4.96. The molecule has 6 nitrogen and oxygen atoms in total. The molecule has 2 saturated heterocycles. The molecule has 96 valence electrons. The first-order chi connectivity index (χ1) is 8.00. The van der Waals surface area contributed by atoms with Crippen molar-refractivity contribution in [2.24, 2.45) is 17.6 Å². The molecule has 17 heavy (non-hydrogen) atoms. The van der Waals surface area contributed by atoms with Gasteiger partial charge >= 0.3 is 6.03 Å². The lowest BCUT2D eigenvalue weighted by Crippen LogP contribution is -2.50. The minimum atomic E-state index is -0.782. The van der Waals surface area contributed by atoms with E-state index in [0.29, 0.717) is 17.9 Å². The number of likely N-dealkylation sites (tertiary alicyclic amines) is 1. The molecule has 4 atom stereocenters. The highest BCUT2D eigenvalue weighted by atomic mass is 16.2. The van der Waals surface area contributed by atoms with E-state index in [0.717, 1.165) is 19.6 Å². The Balaban J connectivity index is 1.98. The highest BCUT2D eigenvalue weighted by molar-refractivity contribution is 5.96. The van der Waals surface area contributed by atoms with Gasteiger partial charge in [0.1, 0.15) is 0 Å². The van der Waals surface area contributed by atoms with Crippen LogP contribution in [0.4, 0.5) is 4.79 Å². The van der Waals surface area contributed by atoms with E-state index >= 15 is 0 Å². The molecule has 4 unspecified atom stereocenters. The lowest BCUT2D eigenvalue weighted by Gasteiger charge is -2.29. The number of nitrogens with one attached hydrogen (secondary N) is 2. The van der Waals surface area contributed by atoms with Crippen molar-refractivity contribution in [3.8, 4) is 0 Å². The molecule has 0 aromatic heterocycles. The van der Waals surface area contributed by atoms with Crippen molar-refractivity contribution in [1.29, 1.82) is 0 Å². The van der Waals surface area contributed by atoms with Gasteiger partial charge in [0.05, 0.1) is 6.04 Å². The first-order valence-electron chi connectivity index (χ1n) is 6.07. The molecule has 0 saturated carbocycles. The van der Waals surface area contributed by atoms with Gasteiger partial charge in [-0.05, 0) is 38.8 Å². The van der Waals surface area contributed by atoms with Crippen LogP contribution in [0.25, 0.3) is 0 Å². The van der Waals surface area contributed by atoms with Gasteiger partial charge in [0.15, 0.2) is 0 Å². The standard InChI is InChI=1S/C11H20N4O2/c1-6-9-4-13-3-8(9)5-15(6)7(2)10(16)14-11(12)17/h6-9,13H,3-5H2,1-2H3,(H3,12,14,16,17). The minimum Gasteiger partial charge on any atom is -0.351 e. The van der Waals surface area contributed by atoms with Crippen LogP contribution in [0.3, 0.4) is 0 Å². The van der Waals surface area contributed by atoms with E-state index < -0.39 is 6.03 Å². The van der Waals surface area contributed by atoms with E-state index in [4.69, 9.17) is 5.73 Å². The summed E-state index contributed by atoms with van der Waals surface area (Å²) >= 11 is 0. The quantitative estimate of drug-likeness (QED) is 0.584. The van der Waals surface area contributed by atoms with Crippen molar-refractivity contribution in [2.45, 2.75) is 25.9 Å². The average Bonchev–Trinajstić information content (AvgIpc) is 2.80. The van der Waals surface area contributed by atoms with Crippen LogP contribution in [0.1, 0.15) is 13.8 Å². The van der Waals surface area contributed by atoms with E-state index in [1.54, 1.807) is 0 Å². The topological polar surface area (TPSA) is 87.5 Å². The number of fused-ring (bicyclic) bond motifs is 1. The molecule has 0 spiro atoms. The average molecular weight is 240 g/mol. The molecule has 0 aromatic rings. The number of amides is 3. The van der Waals surface area contributed by atoms with Gasteiger partial charge in [-0.25, -0.2) is 4.79 Å². The van der Waals surface area contributed by atoms with Gasteiger partial charge in [-0.3, -0.25) is 15.0 Å². The van der Waals surface area contributed by atoms with Crippen molar-refractivity contribution in [2.75, 3.05) is 19.6 Å². The molecule has 2 rings (SSSR count). The van der Waals surface area contributed by atoms with Gasteiger partial charge in [-0.15, -0.1) is 0 Å². The number of nitrogens with two attached hydrogens (primary N) is 1. The predicted molar refractivity (Wildman–Crippen MR) is 63.2 cm³/mol. The van der Waals surface area contributed by atoms with Crippen LogP contribution in [0, 0.1) is 11.8 Å². The fourth-order valence-corrected chi connectivity index (χ4v) is 3.09. The van der Waals surface area contributed by atoms with Gasteiger partial charge < -0.3 is 11.1 Å². The fourth-order valence-electron chi connectivity index (χ4n) is 3.09. The van der Waals surface area contributed by atoms with E-state index in [9.17, 15) is 9.59 Å². The molecule has 2 heterocycles. The number of primary amides is 1. The number of hydrogen-bond donors (Lipinski definition) is 3. The predicted octanol–water partition coefficient (Wildman–Crippen LogP) is -0.890. The number of carbonyl (C=O) groups excluding carboxylic acids is 2. The summed E-state index contributed by atoms with van der Waals surface area (Å²) in [5, 5.41) is 5.52. The SMILES string of the molecule is CC(C(=O)NC(N)=O)N1CC2CNCC2C1C. The molecule has 0 aromatic carbocycles. The fraction of sp³-hybridized carbons (Fsp3) is 0.818. The third-order valence-electron chi connectivity index (χ3n) is 4.10. The summed E-state index contributed by atoms with van der Waals surface area (Å²) in [5.74, 6) is 0.921. The molecule has 0 aliphatic carbocycles. The minimum absolute atomic E-state index is 0.303. The number of hydrogen-bond acceptors (Lipinski definition) is 4. The Hall–Kier alpha value is -1.14. The number of imide groups is 1. The second-order valence-electron chi connectivity index (χ2n) is 5.05. The third kappa shape index (κ3) is 2.28. The first-order valence-corrected chi connectivity index (χ1v) is 6.07. The molecular weight excluding hydrogens is 220 g/mol. The summed E-state index contributed by atoms with van der Waals surface area (Å²) in [6.07, 6.45) is 0. The zero-order valence-corrected chi connectivity index (χ0v) is 10.3. The van der Waals surface area contributed by atoms with Crippen LogP contribution in [0.15, 0.2) is 0 Å². The maximum Gasteiger partial charge on any atom is 0.318 e. The molecule has 2 aliphatic heterocycles. The first kappa shape index (κ1) is 12.3. The van der Waals surface area contributed by atoms with Crippen LogP contribution in [-0.2, 0) is 4.79 Å². The molecule has 0 radical (unpaired) electrons. The molecule has 4 N–H and O–H groups in total. The summed E-state index contributed by atoms with van der Waals surface area (Å²) in [6, 6.07) is -0.720. The normalized spacial score (nSPS) is 34.4. The van der Waals surface area contributed by atoms with E-state index in [-0.39, 0.29) is 11.9 Å². The van der Waals surface area contributed by atoms with Crippen molar-refractivity contribution in [1.82, 2.24) is 15.5 Å². The lowest BCUT2D eigenvalue weighted by molar-refractivity contribution is -0.125. The zero-order chi connectivity index (χ0) is 12.6. The maximum atomic E-state index is 11.7. The van der Waals surface area contributed by atoms with E-state index in [1.807, 2.05) is 6.92 Å². The summed E-state index contributed by atoms with van der Waals surface area (Å²) < 4.78 is 0. The van der Waals surface area contributed by atoms with Crippen LogP contribution < -0.4 is 16.4 Å². The van der Waals surface area contributed by atoms with E-state index in [2.05, 4.69) is 22.5 Å². The Morgan fingerprint density at radius 3 is 2.76 bits per heavy atom. The van der Waals surface area contributed by atoms with E-state index in [1.165, 1.54) is 0 Å². The Morgan fingerprint density at radius 1 is 1.47 bits per heavy atom. The number of urea groups is 1. The largest absolute Gasteiger partial charge is 0.351 e. The number of carbonyl (C=O) groups is 2. The molecule has 0 bridgehead atoms. The monoisotopic (exact) mass is 240 g/mol. The van der Waals surface area contributed by atoms with Gasteiger partial charge in [0.25, 0.3) is 0 Å². The lowest BCUT2D eigenvalue weighted by atomic mass is 9.95. The Labute approximate surface area is 101 Å². The van der Waals surface area contributed by atoms with Crippen LogP contribution in [-0.4, -0.2) is 48.6 Å². The maximum absolute atomic E-state index is 11.7.